The van der Waals surface area contributed by atoms with Crippen molar-refractivity contribution in [3.63, 3.8) is 0 Å². The number of halogens is 1. The molecule has 0 fully saturated rings. The topological polar surface area (TPSA) is 21.6 Å². The second-order valence-corrected chi connectivity index (χ2v) is 3.89. The zero-order chi connectivity index (χ0) is 12.1. The minimum atomic E-state index is 0.703. The monoisotopic (exact) mass is 245 g/mol. The Labute approximate surface area is 105 Å². The van der Waals surface area contributed by atoms with Crippen LogP contribution in [0.1, 0.15) is 0 Å². The fraction of sp³-hybridized carbons (Fsp3) is 0.0714. The standard InChI is InChI=1S/C14H12ClNO/c1-17-14-6-4-2-3-5-13(14)16-12-9-7-11(15)8-10-12/h2-10H,1H3. The largest absolute Gasteiger partial charge is 0.494 e. The van der Waals surface area contributed by atoms with E-state index in [9.17, 15) is 0 Å². The number of hydrogen-bond donors (Lipinski definition) is 0. The van der Waals surface area contributed by atoms with E-state index in [2.05, 4.69) is 4.99 Å². The van der Waals surface area contributed by atoms with Crippen LogP contribution in [0.3, 0.4) is 0 Å². The molecule has 86 valence electrons. The van der Waals surface area contributed by atoms with Gasteiger partial charge in [-0.1, -0.05) is 29.8 Å². The summed E-state index contributed by atoms with van der Waals surface area (Å²) in [7, 11) is 1.64. The van der Waals surface area contributed by atoms with Gasteiger partial charge in [0.25, 0.3) is 0 Å². The van der Waals surface area contributed by atoms with Crippen LogP contribution in [0, 0.1) is 0 Å². The molecule has 0 atom stereocenters. The van der Waals surface area contributed by atoms with E-state index in [4.69, 9.17) is 16.3 Å². The summed E-state index contributed by atoms with van der Waals surface area (Å²) in [4.78, 5) is 4.51. The van der Waals surface area contributed by atoms with Crippen LogP contribution < -0.4 is 10.1 Å². The second-order valence-electron chi connectivity index (χ2n) is 3.45. The Balaban J connectivity index is 2.53. The van der Waals surface area contributed by atoms with Crippen LogP contribution in [0.25, 0.3) is 0 Å². The van der Waals surface area contributed by atoms with Gasteiger partial charge < -0.3 is 4.74 Å². The normalized spacial score (nSPS) is 11.3. The molecule has 2 aromatic rings. The summed E-state index contributed by atoms with van der Waals surface area (Å²) >= 11 is 5.83. The molecule has 0 aliphatic heterocycles. The number of methoxy groups -OCH3 is 1. The van der Waals surface area contributed by atoms with Crippen molar-refractivity contribution >= 4 is 17.3 Å². The lowest BCUT2D eigenvalue weighted by Crippen LogP contribution is -2.02. The highest BCUT2D eigenvalue weighted by Gasteiger charge is 1.94. The molecule has 2 rings (SSSR count). The molecule has 0 radical (unpaired) electrons. The Morgan fingerprint density at radius 1 is 0.941 bits per heavy atom. The maximum atomic E-state index is 5.83. The molecule has 0 N–H and O–H groups in total. The highest BCUT2D eigenvalue weighted by molar-refractivity contribution is 6.30. The molecule has 2 nitrogen and oxygen atoms in total. The van der Waals surface area contributed by atoms with Crippen molar-refractivity contribution < 1.29 is 4.74 Å². The summed E-state index contributed by atoms with van der Waals surface area (Å²) in [6.07, 6.45) is 0. The lowest BCUT2D eigenvalue weighted by atomic mass is 10.3. The van der Waals surface area contributed by atoms with Crippen molar-refractivity contribution in [1.82, 2.24) is 0 Å². The van der Waals surface area contributed by atoms with Gasteiger partial charge in [0.1, 0.15) is 11.1 Å². The third-order valence-electron chi connectivity index (χ3n) is 2.27. The minimum absolute atomic E-state index is 0.703. The van der Waals surface area contributed by atoms with Gasteiger partial charge in [0.15, 0.2) is 0 Å². The molecule has 0 unspecified atom stereocenters. The number of rotatable bonds is 2. The molecular formula is C14H12ClNO. The predicted octanol–water partition coefficient (Wildman–Crippen LogP) is 3.58. The first-order valence-electron chi connectivity index (χ1n) is 5.23. The van der Waals surface area contributed by atoms with Crippen LogP contribution >= 0.6 is 11.6 Å². The zero-order valence-electron chi connectivity index (χ0n) is 9.43. The first-order chi connectivity index (χ1) is 8.29. The first-order valence-corrected chi connectivity index (χ1v) is 5.61. The van der Waals surface area contributed by atoms with Gasteiger partial charge in [0.05, 0.1) is 12.8 Å². The molecule has 2 aromatic carbocycles. The molecule has 0 spiro atoms. The fourth-order valence-electron chi connectivity index (χ4n) is 1.44. The van der Waals surface area contributed by atoms with E-state index >= 15 is 0 Å². The predicted molar refractivity (Wildman–Crippen MR) is 69.7 cm³/mol. The van der Waals surface area contributed by atoms with Crippen LogP contribution in [0.5, 0.6) is 5.75 Å². The molecule has 17 heavy (non-hydrogen) atoms. The highest BCUT2D eigenvalue weighted by atomic mass is 35.5. The lowest BCUT2D eigenvalue weighted by molar-refractivity contribution is 0.410. The van der Waals surface area contributed by atoms with Crippen LogP contribution in [-0.4, -0.2) is 7.11 Å². The summed E-state index contributed by atoms with van der Waals surface area (Å²) in [5.41, 5.74) is 0.846. The molecule has 0 aliphatic carbocycles. The smallest absolute Gasteiger partial charge is 0.144 e. The minimum Gasteiger partial charge on any atom is -0.494 e. The number of nitrogens with zero attached hydrogens (tertiary/aromatic N) is 1. The van der Waals surface area contributed by atoms with E-state index in [-0.39, 0.29) is 0 Å². The molecule has 0 amide bonds. The van der Waals surface area contributed by atoms with E-state index in [1.807, 2.05) is 54.6 Å². The summed E-state index contributed by atoms with van der Waals surface area (Å²) in [6, 6.07) is 16.9. The van der Waals surface area contributed by atoms with Gasteiger partial charge in [-0.15, -0.1) is 0 Å². The van der Waals surface area contributed by atoms with Gasteiger partial charge in [-0.05, 0) is 36.4 Å². The van der Waals surface area contributed by atoms with Gasteiger partial charge in [0, 0.05) is 5.02 Å². The second kappa shape index (κ2) is 5.51. The number of ether oxygens (including phenoxy) is 1. The summed E-state index contributed by atoms with van der Waals surface area (Å²) in [6.45, 7) is 0. The van der Waals surface area contributed by atoms with E-state index < -0.39 is 0 Å². The molecule has 0 saturated carbocycles. The van der Waals surface area contributed by atoms with Crippen molar-refractivity contribution in [2.75, 3.05) is 7.11 Å². The third kappa shape index (κ3) is 3.08. The van der Waals surface area contributed by atoms with Crippen molar-refractivity contribution in [1.29, 1.82) is 0 Å². The molecule has 0 heterocycles. The van der Waals surface area contributed by atoms with E-state index in [1.54, 1.807) is 7.11 Å². The van der Waals surface area contributed by atoms with E-state index in [1.165, 1.54) is 0 Å². The molecule has 0 aromatic heterocycles. The maximum Gasteiger partial charge on any atom is 0.144 e. The average Bonchev–Trinajstić information content (AvgIpc) is 2.57. The van der Waals surface area contributed by atoms with E-state index in [0.717, 1.165) is 16.8 Å². The van der Waals surface area contributed by atoms with E-state index in [0.29, 0.717) is 5.02 Å². The Kier molecular flexibility index (Phi) is 3.78. The summed E-state index contributed by atoms with van der Waals surface area (Å²) < 4.78 is 5.28. The molecular weight excluding hydrogens is 234 g/mol. The molecule has 0 aliphatic rings. The average molecular weight is 246 g/mol. The zero-order valence-corrected chi connectivity index (χ0v) is 10.2. The van der Waals surface area contributed by atoms with Crippen LogP contribution in [0.4, 0.5) is 5.69 Å². The van der Waals surface area contributed by atoms with Crippen LogP contribution in [0.15, 0.2) is 59.6 Å². The lowest BCUT2D eigenvalue weighted by Gasteiger charge is -1.97. The van der Waals surface area contributed by atoms with Gasteiger partial charge in [-0.25, -0.2) is 4.99 Å². The van der Waals surface area contributed by atoms with Gasteiger partial charge in [0.2, 0.25) is 0 Å². The highest BCUT2D eigenvalue weighted by Crippen LogP contribution is 2.16. The summed E-state index contributed by atoms with van der Waals surface area (Å²) in [5, 5.41) is 1.49. The fourth-order valence-corrected chi connectivity index (χ4v) is 1.57. The van der Waals surface area contributed by atoms with Crippen LogP contribution in [0.2, 0.25) is 5.02 Å². The molecule has 0 saturated heterocycles. The molecule has 3 heteroatoms. The SMILES string of the molecule is COc1cccccc1=Nc1ccc(Cl)cc1. The maximum absolute atomic E-state index is 5.83. The Morgan fingerprint density at radius 2 is 1.65 bits per heavy atom. The molecule has 0 bridgehead atoms. The Hall–Kier alpha value is -1.80. The van der Waals surface area contributed by atoms with Gasteiger partial charge in [-0.2, -0.15) is 0 Å². The number of hydrogen-bond acceptors (Lipinski definition) is 2. The van der Waals surface area contributed by atoms with Gasteiger partial charge >= 0.3 is 0 Å². The van der Waals surface area contributed by atoms with Crippen LogP contribution in [-0.2, 0) is 0 Å². The third-order valence-corrected chi connectivity index (χ3v) is 2.52. The van der Waals surface area contributed by atoms with Crippen molar-refractivity contribution in [3.8, 4) is 5.75 Å². The van der Waals surface area contributed by atoms with Crippen molar-refractivity contribution in [2.24, 2.45) is 4.99 Å². The summed E-state index contributed by atoms with van der Waals surface area (Å²) in [5.74, 6) is 0.741. The quantitative estimate of drug-likeness (QED) is 0.793. The Bertz CT molecular complexity index is 564. The number of benzene rings is 1. The van der Waals surface area contributed by atoms with Crippen molar-refractivity contribution in [3.05, 3.63) is 65.0 Å². The van der Waals surface area contributed by atoms with Crippen molar-refractivity contribution in [2.45, 2.75) is 0 Å². The first kappa shape index (κ1) is 11.7. The van der Waals surface area contributed by atoms with Gasteiger partial charge in [-0.3, -0.25) is 0 Å². The Morgan fingerprint density at radius 3 is 2.35 bits per heavy atom.